The van der Waals surface area contributed by atoms with Crippen LogP contribution in [0, 0.1) is 6.92 Å². The topological polar surface area (TPSA) is 75.3 Å². The van der Waals surface area contributed by atoms with Crippen LogP contribution in [0.1, 0.15) is 11.5 Å². The van der Waals surface area contributed by atoms with E-state index in [-0.39, 0.29) is 0 Å². The van der Waals surface area contributed by atoms with E-state index in [4.69, 9.17) is 0 Å². The Hall–Kier alpha value is -2.61. The summed E-state index contributed by atoms with van der Waals surface area (Å²) >= 11 is 0. The molecule has 4 heterocycles. The molecule has 0 radical (unpaired) electrons. The van der Waals surface area contributed by atoms with Gasteiger partial charge in [0.2, 0.25) is 0 Å². The molecule has 0 N–H and O–H groups in total. The molecule has 4 rings (SSSR count). The van der Waals surface area contributed by atoms with Crippen molar-refractivity contribution >= 4 is 11.5 Å². The number of nitrogens with zero attached hydrogens (tertiary/aromatic N) is 8. The van der Waals surface area contributed by atoms with Crippen LogP contribution in [0.25, 0.3) is 5.65 Å². The first-order valence-electron chi connectivity index (χ1n) is 7.60. The van der Waals surface area contributed by atoms with Gasteiger partial charge in [0.15, 0.2) is 5.65 Å². The second kappa shape index (κ2) is 5.54. The smallest absolute Gasteiger partial charge is 0.177 e. The molecule has 0 bridgehead atoms. The van der Waals surface area contributed by atoms with Crippen molar-refractivity contribution in [2.45, 2.75) is 19.5 Å². The maximum Gasteiger partial charge on any atom is 0.177 e. The molecule has 118 valence electrons. The molecule has 0 unspecified atom stereocenters. The zero-order chi connectivity index (χ0) is 15.8. The van der Waals surface area contributed by atoms with Gasteiger partial charge in [-0.25, -0.2) is 9.97 Å². The Labute approximate surface area is 133 Å². The van der Waals surface area contributed by atoms with E-state index in [0.717, 1.165) is 42.6 Å². The number of aromatic nitrogens is 6. The number of aryl methyl sites for hydroxylation is 1. The van der Waals surface area contributed by atoms with Crippen LogP contribution in [0.4, 0.5) is 5.82 Å². The second-order valence-corrected chi connectivity index (χ2v) is 5.89. The van der Waals surface area contributed by atoms with Gasteiger partial charge in [0.25, 0.3) is 0 Å². The van der Waals surface area contributed by atoms with E-state index in [1.54, 1.807) is 10.8 Å². The van der Waals surface area contributed by atoms with E-state index < -0.39 is 0 Å². The Morgan fingerprint density at radius 1 is 1.26 bits per heavy atom. The van der Waals surface area contributed by atoms with E-state index in [9.17, 15) is 0 Å². The minimum Gasteiger partial charge on any atom is -0.352 e. The molecule has 0 atom stereocenters. The van der Waals surface area contributed by atoms with Gasteiger partial charge >= 0.3 is 0 Å². The van der Waals surface area contributed by atoms with Crippen LogP contribution >= 0.6 is 0 Å². The molecule has 1 saturated heterocycles. The average Bonchev–Trinajstić information content (AvgIpc) is 2.93. The van der Waals surface area contributed by atoms with Crippen LogP contribution in [0.3, 0.4) is 0 Å². The quantitative estimate of drug-likeness (QED) is 0.696. The lowest BCUT2D eigenvalue weighted by Crippen LogP contribution is -2.58. The number of hydrogen-bond donors (Lipinski definition) is 0. The average molecular weight is 310 g/mol. The number of anilines is 1. The Morgan fingerprint density at radius 3 is 2.96 bits per heavy atom. The minimum absolute atomic E-state index is 0.503. The van der Waals surface area contributed by atoms with Crippen LogP contribution < -0.4 is 4.90 Å². The van der Waals surface area contributed by atoms with Crippen molar-refractivity contribution in [2.24, 2.45) is 0 Å². The summed E-state index contributed by atoms with van der Waals surface area (Å²) in [6, 6.07) is 6.41. The molecule has 0 aromatic carbocycles. The highest BCUT2D eigenvalue weighted by Crippen LogP contribution is 2.22. The van der Waals surface area contributed by atoms with Crippen LogP contribution in [0.5, 0.6) is 0 Å². The molecule has 8 heteroatoms. The summed E-state index contributed by atoms with van der Waals surface area (Å²) in [4.78, 5) is 13.2. The third kappa shape index (κ3) is 2.72. The third-order valence-electron chi connectivity index (χ3n) is 4.20. The number of likely N-dealkylation sites (N-methyl/N-ethyl adjacent to an activating group) is 1. The lowest BCUT2D eigenvalue weighted by atomic mass is 10.1. The first-order chi connectivity index (χ1) is 11.2. The lowest BCUT2D eigenvalue weighted by Gasteiger charge is -2.44. The van der Waals surface area contributed by atoms with Gasteiger partial charge in [-0.05, 0) is 32.2 Å². The maximum absolute atomic E-state index is 4.53. The summed E-state index contributed by atoms with van der Waals surface area (Å²) in [6.07, 6.45) is 3.44. The van der Waals surface area contributed by atoms with E-state index in [2.05, 4.69) is 42.1 Å². The molecular weight excluding hydrogens is 292 g/mol. The first-order valence-corrected chi connectivity index (χ1v) is 7.60. The van der Waals surface area contributed by atoms with Gasteiger partial charge in [-0.3, -0.25) is 4.90 Å². The highest BCUT2D eigenvalue weighted by atomic mass is 15.4. The van der Waals surface area contributed by atoms with Gasteiger partial charge in [0.05, 0.1) is 5.69 Å². The predicted octanol–water partition coefficient (Wildman–Crippen LogP) is 0.543. The van der Waals surface area contributed by atoms with Gasteiger partial charge in [0.1, 0.15) is 18.0 Å². The van der Waals surface area contributed by atoms with Crippen molar-refractivity contribution in [3.63, 3.8) is 0 Å². The van der Waals surface area contributed by atoms with E-state index >= 15 is 0 Å². The van der Waals surface area contributed by atoms with Crippen molar-refractivity contribution in [1.29, 1.82) is 0 Å². The number of hydrogen-bond acceptors (Lipinski definition) is 7. The van der Waals surface area contributed by atoms with Crippen LogP contribution in [0.2, 0.25) is 0 Å². The SMILES string of the molecule is Cc1nccc(CN(C)C2CN(c3ccc4nncn4n3)C2)n1. The molecular formula is C15H18N8. The Bertz CT molecular complexity index is 823. The fourth-order valence-electron chi connectivity index (χ4n) is 2.79. The molecule has 0 aliphatic carbocycles. The van der Waals surface area contributed by atoms with Gasteiger partial charge in [-0.1, -0.05) is 0 Å². The summed E-state index contributed by atoms with van der Waals surface area (Å²) in [7, 11) is 2.13. The van der Waals surface area contributed by atoms with Gasteiger partial charge < -0.3 is 4.90 Å². The van der Waals surface area contributed by atoms with E-state index in [0.29, 0.717) is 6.04 Å². The lowest BCUT2D eigenvalue weighted by molar-refractivity contribution is 0.194. The summed E-state index contributed by atoms with van der Waals surface area (Å²) in [5.41, 5.74) is 1.82. The van der Waals surface area contributed by atoms with E-state index in [1.807, 2.05) is 31.3 Å². The van der Waals surface area contributed by atoms with Crippen LogP contribution in [0.15, 0.2) is 30.7 Å². The molecule has 1 aliphatic rings. The fourth-order valence-corrected chi connectivity index (χ4v) is 2.79. The number of fused-ring (bicyclic) bond motifs is 1. The van der Waals surface area contributed by atoms with Crippen molar-refractivity contribution in [3.8, 4) is 0 Å². The molecule has 23 heavy (non-hydrogen) atoms. The zero-order valence-corrected chi connectivity index (χ0v) is 13.2. The standard InChI is InChI=1S/C15H18N8/c1-11-16-6-5-12(18-11)7-21(2)13-8-22(9-13)15-4-3-14-19-17-10-23(14)20-15/h3-6,10,13H,7-9H2,1-2H3. The van der Waals surface area contributed by atoms with Crippen molar-refractivity contribution in [3.05, 3.63) is 42.2 Å². The Morgan fingerprint density at radius 2 is 2.13 bits per heavy atom. The molecule has 1 aliphatic heterocycles. The summed E-state index contributed by atoms with van der Waals surface area (Å²) in [5, 5.41) is 12.4. The molecule has 1 fully saturated rings. The molecule has 0 amide bonds. The summed E-state index contributed by atoms with van der Waals surface area (Å²) < 4.78 is 1.70. The van der Waals surface area contributed by atoms with Crippen molar-refractivity contribution in [2.75, 3.05) is 25.0 Å². The molecule has 0 spiro atoms. The third-order valence-corrected chi connectivity index (χ3v) is 4.20. The normalized spacial score (nSPS) is 15.3. The summed E-state index contributed by atoms with van der Waals surface area (Å²) in [6.45, 7) is 4.67. The largest absolute Gasteiger partial charge is 0.352 e. The highest BCUT2D eigenvalue weighted by Gasteiger charge is 2.31. The van der Waals surface area contributed by atoms with Crippen molar-refractivity contribution in [1.82, 2.24) is 34.7 Å². The fraction of sp³-hybridized carbons (Fsp3) is 0.400. The predicted molar refractivity (Wildman–Crippen MR) is 85.0 cm³/mol. The molecule has 3 aromatic rings. The first kappa shape index (κ1) is 14.0. The monoisotopic (exact) mass is 310 g/mol. The molecule has 0 saturated carbocycles. The second-order valence-electron chi connectivity index (χ2n) is 5.89. The molecule has 8 nitrogen and oxygen atoms in total. The minimum atomic E-state index is 0.503. The Balaban J connectivity index is 1.38. The van der Waals surface area contributed by atoms with Gasteiger partial charge in [0, 0.05) is 31.9 Å². The van der Waals surface area contributed by atoms with Crippen molar-refractivity contribution < 1.29 is 0 Å². The Kier molecular flexibility index (Phi) is 3.38. The number of rotatable bonds is 4. The van der Waals surface area contributed by atoms with Crippen LogP contribution in [-0.4, -0.2) is 60.9 Å². The summed E-state index contributed by atoms with van der Waals surface area (Å²) in [5.74, 6) is 1.78. The zero-order valence-electron chi connectivity index (χ0n) is 13.2. The van der Waals surface area contributed by atoms with Crippen LogP contribution in [-0.2, 0) is 6.54 Å². The maximum atomic E-state index is 4.53. The van der Waals surface area contributed by atoms with Gasteiger partial charge in [-0.15, -0.1) is 15.3 Å². The van der Waals surface area contributed by atoms with Gasteiger partial charge in [-0.2, -0.15) is 4.52 Å². The highest BCUT2D eigenvalue weighted by molar-refractivity contribution is 5.47. The molecule has 3 aromatic heterocycles. The van der Waals surface area contributed by atoms with E-state index in [1.165, 1.54) is 0 Å².